The van der Waals surface area contributed by atoms with E-state index < -0.39 is 9.84 Å². The minimum Gasteiger partial charge on any atom is -0.260 e. The maximum atomic E-state index is 10.3. The van der Waals surface area contributed by atoms with Gasteiger partial charge in [0.1, 0.15) is 9.84 Å². The van der Waals surface area contributed by atoms with Crippen molar-refractivity contribution in [1.82, 2.24) is 3.53 Å². The van der Waals surface area contributed by atoms with Gasteiger partial charge in [-0.3, -0.25) is 3.53 Å². The Morgan fingerprint density at radius 3 is 2.25 bits per heavy atom. The lowest BCUT2D eigenvalue weighted by molar-refractivity contribution is 0.601. The van der Waals surface area contributed by atoms with Gasteiger partial charge in [-0.15, -0.1) is 0 Å². The smallest absolute Gasteiger partial charge is 0.148 e. The highest BCUT2D eigenvalue weighted by Gasteiger charge is 1.97. The Hall–Kier alpha value is 0.640. The number of nitrogens with one attached hydrogen (secondary N) is 1. The maximum absolute atomic E-state index is 10.3. The van der Waals surface area contributed by atoms with E-state index in [0.717, 1.165) is 0 Å². The van der Waals surface area contributed by atoms with Crippen LogP contribution >= 0.6 is 22.9 Å². The molecule has 0 aromatic rings. The lowest BCUT2D eigenvalue weighted by Gasteiger charge is -1.92. The Bertz CT molecular complexity index is 141. The molecule has 0 radical (unpaired) electrons. The molecule has 0 saturated carbocycles. The predicted molar refractivity (Wildman–Crippen MR) is 41.7 cm³/mol. The zero-order valence-corrected chi connectivity index (χ0v) is 7.49. The molecule has 0 saturated heterocycles. The van der Waals surface area contributed by atoms with E-state index in [2.05, 4.69) is 3.53 Å². The standard InChI is InChI=1S/C3H8INO2S/c1-8(6,7)3-2-5-4/h5H,2-3H2,1H3. The number of hydrogen-bond donors (Lipinski definition) is 1. The molecule has 0 unspecified atom stereocenters. The SMILES string of the molecule is CS(=O)(=O)CCNI. The van der Waals surface area contributed by atoms with E-state index >= 15 is 0 Å². The lowest BCUT2D eigenvalue weighted by atomic mass is 10.8. The molecule has 1 N–H and O–H groups in total. The summed E-state index contributed by atoms with van der Waals surface area (Å²) >= 11 is 1.91. The van der Waals surface area contributed by atoms with E-state index in [-0.39, 0.29) is 5.75 Å². The van der Waals surface area contributed by atoms with E-state index in [4.69, 9.17) is 0 Å². The van der Waals surface area contributed by atoms with Crippen LogP contribution in [0.4, 0.5) is 0 Å². The first-order valence-electron chi connectivity index (χ1n) is 2.07. The van der Waals surface area contributed by atoms with Gasteiger partial charge in [-0.05, 0) is 0 Å². The molecule has 0 rings (SSSR count). The van der Waals surface area contributed by atoms with Gasteiger partial charge in [0.05, 0.1) is 5.75 Å². The van der Waals surface area contributed by atoms with Crippen LogP contribution in [0, 0.1) is 0 Å². The average Bonchev–Trinajstić information content (AvgIpc) is 1.59. The maximum Gasteiger partial charge on any atom is 0.148 e. The van der Waals surface area contributed by atoms with Gasteiger partial charge in [0, 0.05) is 35.7 Å². The summed E-state index contributed by atoms with van der Waals surface area (Å²) in [6.07, 6.45) is 1.22. The molecule has 0 aromatic heterocycles. The van der Waals surface area contributed by atoms with Crippen LogP contribution in [0.2, 0.25) is 0 Å². The molecule has 8 heavy (non-hydrogen) atoms. The molecule has 0 aliphatic rings. The molecule has 0 atom stereocenters. The van der Waals surface area contributed by atoms with Gasteiger partial charge in [0.2, 0.25) is 0 Å². The van der Waals surface area contributed by atoms with Crippen molar-refractivity contribution in [2.24, 2.45) is 0 Å². The summed E-state index contributed by atoms with van der Waals surface area (Å²) in [5.41, 5.74) is 0. The summed E-state index contributed by atoms with van der Waals surface area (Å²) in [5.74, 6) is 0.218. The van der Waals surface area contributed by atoms with Crippen molar-refractivity contribution in [3.05, 3.63) is 0 Å². The molecular formula is C3H8INO2S. The van der Waals surface area contributed by atoms with Crippen LogP contribution < -0.4 is 3.53 Å². The third kappa shape index (κ3) is 6.64. The first-order valence-corrected chi connectivity index (χ1v) is 5.21. The molecule has 0 aliphatic heterocycles. The van der Waals surface area contributed by atoms with Crippen LogP contribution in [-0.4, -0.2) is 27.0 Å². The first kappa shape index (κ1) is 8.64. The van der Waals surface area contributed by atoms with Crippen LogP contribution in [0.25, 0.3) is 0 Å². The lowest BCUT2D eigenvalue weighted by Crippen LogP contribution is -2.13. The topological polar surface area (TPSA) is 46.2 Å². The summed E-state index contributed by atoms with van der Waals surface area (Å²) in [5, 5.41) is 0. The van der Waals surface area contributed by atoms with Gasteiger partial charge in [0.15, 0.2) is 0 Å². The molecule has 0 heterocycles. The number of rotatable bonds is 3. The summed E-state index contributed by atoms with van der Waals surface area (Å²) in [7, 11) is -2.75. The molecule has 3 nitrogen and oxygen atoms in total. The van der Waals surface area contributed by atoms with Gasteiger partial charge in [-0.1, -0.05) is 0 Å². The Morgan fingerprint density at radius 1 is 1.62 bits per heavy atom. The van der Waals surface area contributed by atoms with Crippen molar-refractivity contribution < 1.29 is 8.42 Å². The monoisotopic (exact) mass is 249 g/mol. The number of hydrogen-bond acceptors (Lipinski definition) is 3. The van der Waals surface area contributed by atoms with Gasteiger partial charge in [0.25, 0.3) is 0 Å². The zero-order chi connectivity index (χ0) is 6.62. The number of halogens is 1. The van der Waals surface area contributed by atoms with Crippen LogP contribution in [0.15, 0.2) is 0 Å². The molecule has 5 heteroatoms. The Balaban J connectivity index is 3.42. The van der Waals surface area contributed by atoms with E-state index in [1.807, 2.05) is 22.9 Å². The van der Waals surface area contributed by atoms with Crippen LogP contribution in [-0.2, 0) is 9.84 Å². The molecule has 0 fully saturated rings. The van der Waals surface area contributed by atoms with Crippen molar-refractivity contribution in [1.29, 1.82) is 0 Å². The minimum atomic E-state index is -2.75. The Labute approximate surface area is 63.3 Å². The molecule has 50 valence electrons. The van der Waals surface area contributed by atoms with Crippen molar-refractivity contribution in [3.63, 3.8) is 0 Å². The van der Waals surface area contributed by atoms with Gasteiger partial charge in [-0.2, -0.15) is 0 Å². The third-order valence-corrected chi connectivity index (χ3v) is 2.05. The minimum absolute atomic E-state index is 0.218. The normalized spacial score (nSPS) is 11.8. The molecule has 0 spiro atoms. The highest BCUT2D eigenvalue weighted by Crippen LogP contribution is 1.80. The highest BCUT2D eigenvalue weighted by atomic mass is 127. The van der Waals surface area contributed by atoms with Crippen molar-refractivity contribution in [3.8, 4) is 0 Å². The van der Waals surface area contributed by atoms with E-state index in [0.29, 0.717) is 6.54 Å². The zero-order valence-electron chi connectivity index (χ0n) is 4.52. The molecular weight excluding hydrogens is 241 g/mol. The summed E-state index contributed by atoms with van der Waals surface area (Å²) in [6.45, 7) is 0.527. The second-order valence-corrected chi connectivity index (χ2v) is 4.54. The van der Waals surface area contributed by atoms with Gasteiger partial charge >= 0.3 is 0 Å². The predicted octanol–water partition coefficient (Wildman–Crippen LogP) is -0.0294. The van der Waals surface area contributed by atoms with Crippen molar-refractivity contribution >= 4 is 32.7 Å². The fourth-order valence-corrected chi connectivity index (χ4v) is 1.33. The Kier molecular flexibility index (Phi) is 3.91. The van der Waals surface area contributed by atoms with E-state index in [9.17, 15) is 8.42 Å². The second kappa shape index (κ2) is 3.62. The van der Waals surface area contributed by atoms with Crippen LogP contribution in [0.1, 0.15) is 0 Å². The molecule has 0 bridgehead atoms. The molecule has 0 aliphatic carbocycles. The largest absolute Gasteiger partial charge is 0.260 e. The van der Waals surface area contributed by atoms with E-state index in [1.165, 1.54) is 6.26 Å². The Morgan fingerprint density at radius 2 is 2.12 bits per heavy atom. The third-order valence-electron chi connectivity index (χ3n) is 0.567. The molecule has 0 aromatic carbocycles. The van der Waals surface area contributed by atoms with E-state index in [1.54, 1.807) is 0 Å². The summed E-state index contributed by atoms with van der Waals surface area (Å²) in [4.78, 5) is 0. The van der Waals surface area contributed by atoms with Crippen LogP contribution in [0.5, 0.6) is 0 Å². The average molecular weight is 249 g/mol. The molecule has 0 amide bonds. The number of sulfone groups is 1. The quantitative estimate of drug-likeness (QED) is 0.564. The fraction of sp³-hybridized carbons (Fsp3) is 1.00. The summed E-state index contributed by atoms with van der Waals surface area (Å²) in [6, 6.07) is 0. The summed E-state index contributed by atoms with van der Waals surface area (Å²) < 4.78 is 23.4. The van der Waals surface area contributed by atoms with Crippen molar-refractivity contribution in [2.45, 2.75) is 0 Å². The highest BCUT2D eigenvalue weighted by molar-refractivity contribution is 14.1. The van der Waals surface area contributed by atoms with Crippen molar-refractivity contribution in [2.75, 3.05) is 18.6 Å². The van der Waals surface area contributed by atoms with Gasteiger partial charge < -0.3 is 0 Å². The fourth-order valence-electron chi connectivity index (χ4n) is 0.224. The van der Waals surface area contributed by atoms with Crippen LogP contribution in [0.3, 0.4) is 0 Å². The first-order chi connectivity index (χ1) is 3.56. The van der Waals surface area contributed by atoms with Gasteiger partial charge in [-0.25, -0.2) is 8.42 Å². The second-order valence-electron chi connectivity index (χ2n) is 1.51.